The first kappa shape index (κ1) is 10.7. The highest BCUT2D eigenvalue weighted by Crippen LogP contribution is 2.13. The van der Waals surface area contributed by atoms with Gasteiger partial charge in [0, 0.05) is 8.95 Å². The molecule has 1 aromatic carbocycles. The predicted octanol–water partition coefficient (Wildman–Crippen LogP) is 2.91. The minimum Gasteiger partial charge on any atom is -0.483 e. The molecule has 1 N–H and O–H groups in total. The molecule has 11 heavy (non-hydrogen) atoms. The van der Waals surface area contributed by atoms with E-state index in [0.29, 0.717) is 0 Å². The molecule has 0 aliphatic rings. The maximum atomic E-state index is 8.36. The first-order valence-corrected chi connectivity index (χ1v) is 4.28. The standard InChI is InChI=1S/C6H4Br2.CH2O2/c7-5-1-2-6(8)4-3-5;2-1-3/h1-4H;1H,(H,2,3). The zero-order valence-corrected chi connectivity index (χ0v) is 8.67. The van der Waals surface area contributed by atoms with Crippen LogP contribution >= 0.6 is 31.9 Å². The van der Waals surface area contributed by atoms with Crippen LogP contribution in [0.4, 0.5) is 0 Å². The normalized spacial score (nSPS) is 7.82. The van der Waals surface area contributed by atoms with Crippen LogP contribution in [0.3, 0.4) is 0 Å². The van der Waals surface area contributed by atoms with E-state index in [1.807, 2.05) is 24.3 Å². The van der Waals surface area contributed by atoms with Crippen LogP contribution in [-0.4, -0.2) is 11.6 Å². The molecule has 2 nitrogen and oxygen atoms in total. The topological polar surface area (TPSA) is 37.3 Å². The van der Waals surface area contributed by atoms with E-state index in [2.05, 4.69) is 31.9 Å². The second kappa shape index (κ2) is 6.37. The molecule has 1 aromatic rings. The Bertz CT molecular complexity index is 187. The average molecular weight is 282 g/mol. The summed E-state index contributed by atoms with van der Waals surface area (Å²) in [6.07, 6.45) is 0. The maximum absolute atomic E-state index is 8.36. The average Bonchev–Trinajstić information content (AvgIpc) is 1.97. The highest BCUT2D eigenvalue weighted by molar-refractivity contribution is 9.11. The molecule has 0 aliphatic heterocycles. The molecule has 0 bridgehead atoms. The van der Waals surface area contributed by atoms with Crippen molar-refractivity contribution in [3.8, 4) is 0 Å². The van der Waals surface area contributed by atoms with Crippen LogP contribution in [0.25, 0.3) is 0 Å². The Kier molecular flexibility index (Phi) is 6.16. The molecule has 60 valence electrons. The van der Waals surface area contributed by atoms with Crippen molar-refractivity contribution in [3.63, 3.8) is 0 Å². The van der Waals surface area contributed by atoms with Crippen LogP contribution in [0.2, 0.25) is 0 Å². The third-order valence-corrected chi connectivity index (χ3v) is 1.86. The number of carboxylic acid groups (broad SMARTS) is 1. The van der Waals surface area contributed by atoms with Crippen LogP contribution in [-0.2, 0) is 4.79 Å². The molecular formula is C7H6Br2O2. The first-order chi connectivity index (χ1) is 5.20. The monoisotopic (exact) mass is 280 g/mol. The number of halogens is 2. The van der Waals surface area contributed by atoms with E-state index in [-0.39, 0.29) is 6.47 Å². The number of benzene rings is 1. The summed E-state index contributed by atoms with van der Waals surface area (Å²) in [6, 6.07) is 7.96. The summed E-state index contributed by atoms with van der Waals surface area (Å²) in [5.41, 5.74) is 0. The molecule has 0 atom stereocenters. The van der Waals surface area contributed by atoms with Gasteiger partial charge in [-0.15, -0.1) is 0 Å². The van der Waals surface area contributed by atoms with E-state index >= 15 is 0 Å². The van der Waals surface area contributed by atoms with Crippen molar-refractivity contribution in [2.45, 2.75) is 0 Å². The Morgan fingerprint density at radius 3 is 1.45 bits per heavy atom. The zero-order chi connectivity index (χ0) is 8.69. The highest BCUT2D eigenvalue weighted by Gasteiger charge is 1.83. The fourth-order valence-electron chi connectivity index (χ4n) is 0.430. The lowest BCUT2D eigenvalue weighted by Crippen LogP contribution is -1.61. The summed E-state index contributed by atoms with van der Waals surface area (Å²) in [5, 5.41) is 6.89. The van der Waals surface area contributed by atoms with Gasteiger partial charge in [-0.25, -0.2) is 0 Å². The smallest absolute Gasteiger partial charge is 0.290 e. The number of hydrogen-bond acceptors (Lipinski definition) is 1. The molecule has 0 unspecified atom stereocenters. The van der Waals surface area contributed by atoms with Gasteiger partial charge in [-0.2, -0.15) is 0 Å². The largest absolute Gasteiger partial charge is 0.483 e. The molecule has 1 rings (SSSR count). The molecule has 0 spiro atoms. The minimum absolute atomic E-state index is 0.250. The number of rotatable bonds is 0. The number of carbonyl (C=O) groups is 1. The Hall–Kier alpha value is -0.350. The zero-order valence-electron chi connectivity index (χ0n) is 5.50. The van der Waals surface area contributed by atoms with Crippen LogP contribution in [0.15, 0.2) is 33.2 Å². The molecule has 0 fully saturated rings. The first-order valence-electron chi connectivity index (χ1n) is 2.69. The molecule has 0 radical (unpaired) electrons. The molecule has 0 saturated heterocycles. The lowest BCUT2D eigenvalue weighted by atomic mass is 10.4. The van der Waals surface area contributed by atoms with Crippen LogP contribution in [0.5, 0.6) is 0 Å². The van der Waals surface area contributed by atoms with Crippen molar-refractivity contribution in [1.82, 2.24) is 0 Å². The molecular weight excluding hydrogens is 276 g/mol. The Morgan fingerprint density at radius 2 is 1.27 bits per heavy atom. The second-order valence-electron chi connectivity index (χ2n) is 1.54. The van der Waals surface area contributed by atoms with E-state index < -0.39 is 0 Å². The van der Waals surface area contributed by atoms with Crippen LogP contribution < -0.4 is 0 Å². The maximum Gasteiger partial charge on any atom is 0.290 e. The van der Waals surface area contributed by atoms with Crippen molar-refractivity contribution in [2.24, 2.45) is 0 Å². The van der Waals surface area contributed by atoms with Gasteiger partial charge in [0.15, 0.2) is 0 Å². The van der Waals surface area contributed by atoms with Gasteiger partial charge in [0.25, 0.3) is 6.47 Å². The van der Waals surface area contributed by atoms with Gasteiger partial charge < -0.3 is 5.11 Å². The molecule has 0 aliphatic carbocycles. The minimum atomic E-state index is -0.250. The van der Waals surface area contributed by atoms with Gasteiger partial charge in [0.1, 0.15) is 0 Å². The van der Waals surface area contributed by atoms with Crippen molar-refractivity contribution in [1.29, 1.82) is 0 Å². The van der Waals surface area contributed by atoms with Crippen LogP contribution in [0, 0.1) is 0 Å². The Balaban J connectivity index is 0.000000292. The molecule has 0 amide bonds. The number of hydrogen-bond donors (Lipinski definition) is 1. The van der Waals surface area contributed by atoms with Crippen LogP contribution in [0.1, 0.15) is 0 Å². The fraction of sp³-hybridized carbons (Fsp3) is 0. The summed E-state index contributed by atoms with van der Waals surface area (Å²) < 4.78 is 2.22. The molecule has 4 heteroatoms. The third kappa shape index (κ3) is 6.06. The second-order valence-corrected chi connectivity index (χ2v) is 3.37. The summed E-state index contributed by atoms with van der Waals surface area (Å²) in [5.74, 6) is 0. The molecule has 0 aromatic heterocycles. The van der Waals surface area contributed by atoms with Crippen molar-refractivity contribution >= 4 is 38.3 Å². The van der Waals surface area contributed by atoms with Crippen molar-refractivity contribution < 1.29 is 9.90 Å². The van der Waals surface area contributed by atoms with E-state index in [4.69, 9.17) is 9.90 Å². The van der Waals surface area contributed by atoms with Gasteiger partial charge >= 0.3 is 0 Å². The molecule has 0 heterocycles. The predicted molar refractivity (Wildman–Crippen MR) is 50.5 cm³/mol. The fourth-order valence-corrected chi connectivity index (χ4v) is 0.958. The quantitative estimate of drug-likeness (QED) is 0.743. The van der Waals surface area contributed by atoms with Gasteiger partial charge in [-0.3, -0.25) is 4.79 Å². The van der Waals surface area contributed by atoms with Gasteiger partial charge in [-0.1, -0.05) is 31.9 Å². The summed E-state index contributed by atoms with van der Waals surface area (Å²) in [4.78, 5) is 8.36. The summed E-state index contributed by atoms with van der Waals surface area (Å²) >= 11 is 6.65. The van der Waals surface area contributed by atoms with Crippen molar-refractivity contribution in [3.05, 3.63) is 33.2 Å². The highest BCUT2D eigenvalue weighted by atomic mass is 79.9. The lowest BCUT2D eigenvalue weighted by molar-refractivity contribution is -0.122. The molecule has 0 saturated carbocycles. The van der Waals surface area contributed by atoms with E-state index in [0.717, 1.165) is 8.95 Å². The summed E-state index contributed by atoms with van der Waals surface area (Å²) in [6.45, 7) is -0.250. The lowest BCUT2D eigenvalue weighted by Gasteiger charge is -1.86. The summed E-state index contributed by atoms with van der Waals surface area (Å²) in [7, 11) is 0. The van der Waals surface area contributed by atoms with E-state index in [9.17, 15) is 0 Å². The SMILES string of the molecule is Brc1ccc(Br)cc1.O=CO. The van der Waals surface area contributed by atoms with Gasteiger partial charge in [0.2, 0.25) is 0 Å². The third-order valence-electron chi connectivity index (χ3n) is 0.804. The van der Waals surface area contributed by atoms with Crippen molar-refractivity contribution in [2.75, 3.05) is 0 Å². The van der Waals surface area contributed by atoms with E-state index in [1.54, 1.807) is 0 Å². The Morgan fingerprint density at radius 1 is 1.09 bits per heavy atom. The van der Waals surface area contributed by atoms with Gasteiger partial charge in [-0.05, 0) is 24.3 Å². The van der Waals surface area contributed by atoms with E-state index in [1.165, 1.54) is 0 Å². The Labute approximate surface area is 81.5 Å². The van der Waals surface area contributed by atoms with Gasteiger partial charge in [0.05, 0.1) is 0 Å².